The number of esters is 1. The minimum atomic E-state index is -0.421. The van der Waals surface area contributed by atoms with Crippen LogP contribution in [0.1, 0.15) is 48.2 Å². The summed E-state index contributed by atoms with van der Waals surface area (Å²) in [7, 11) is 0. The summed E-state index contributed by atoms with van der Waals surface area (Å²) in [5.41, 5.74) is 1.89. The number of urea groups is 1. The largest absolute Gasteiger partial charge is 0.464 e. The third-order valence-electron chi connectivity index (χ3n) is 5.55. The summed E-state index contributed by atoms with van der Waals surface area (Å²) in [6, 6.07) is 19.2. The Labute approximate surface area is 211 Å². The van der Waals surface area contributed by atoms with Crippen molar-refractivity contribution in [3.63, 3.8) is 0 Å². The lowest BCUT2D eigenvalue weighted by atomic mass is 10.2. The molecule has 0 bridgehead atoms. The maximum Gasteiger partial charge on any atom is 0.338 e. The highest BCUT2D eigenvalue weighted by Crippen LogP contribution is 2.16. The molecule has 2 aromatic carbocycles. The molecule has 0 spiro atoms. The standard InChI is InChI=1S/C28H33N3O5/c1-5-35-27(33)23-12-14-24(15-13-23)29-28(34)31(20(2)3)19-26(32)30(17-22-9-7-6-8-10-22)18-25-16-11-21(4)36-25/h6-16,20H,5,17-19H2,1-4H3,(H,29,34). The van der Waals surface area contributed by atoms with Crippen molar-refractivity contribution in [3.05, 3.63) is 89.4 Å². The van der Waals surface area contributed by atoms with Crippen molar-refractivity contribution in [2.24, 2.45) is 0 Å². The Morgan fingerprint density at radius 2 is 1.64 bits per heavy atom. The Balaban J connectivity index is 1.71. The average Bonchev–Trinajstić information content (AvgIpc) is 3.27. The number of carbonyl (C=O) groups is 3. The fourth-order valence-electron chi connectivity index (χ4n) is 3.63. The van der Waals surface area contributed by atoms with Crippen LogP contribution in [0.15, 0.2) is 71.1 Å². The first-order valence-electron chi connectivity index (χ1n) is 12.0. The second-order valence-electron chi connectivity index (χ2n) is 8.70. The first-order chi connectivity index (χ1) is 17.3. The minimum absolute atomic E-state index is 0.100. The molecule has 0 saturated carbocycles. The van der Waals surface area contributed by atoms with E-state index in [1.807, 2.05) is 63.2 Å². The van der Waals surface area contributed by atoms with Gasteiger partial charge in [-0.05, 0) is 69.7 Å². The van der Waals surface area contributed by atoms with Crippen LogP contribution in [0.5, 0.6) is 0 Å². The molecule has 1 heterocycles. The van der Waals surface area contributed by atoms with E-state index in [0.717, 1.165) is 11.3 Å². The molecular weight excluding hydrogens is 458 g/mol. The van der Waals surface area contributed by atoms with E-state index in [1.54, 1.807) is 36.1 Å². The normalized spacial score (nSPS) is 10.7. The van der Waals surface area contributed by atoms with E-state index in [-0.39, 0.29) is 25.1 Å². The quantitative estimate of drug-likeness (QED) is 0.392. The van der Waals surface area contributed by atoms with Gasteiger partial charge < -0.3 is 24.3 Å². The summed E-state index contributed by atoms with van der Waals surface area (Å²) < 4.78 is 10.7. The molecule has 3 aromatic rings. The molecular formula is C28H33N3O5. The van der Waals surface area contributed by atoms with E-state index in [9.17, 15) is 14.4 Å². The van der Waals surface area contributed by atoms with Crippen LogP contribution in [-0.4, -0.2) is 46.9 Å². The van der Waals surface area contributed by atoms with Gasteiger partial charge in [-0.2, -0.15) is 0 Å². The van der Waals surface area contributed by atoms with Crippen molar-refractivity contribution in [1.82, 2.24) is 9.80 Å². The number of benzene rings is 2. The first kappa shape index (κ1) is 26.5. The van der Waals surface area contributed by atoms with Gasteiger partial charge in [-0.15, -0.1) is 0 Å². The number of rotatable bonds is 10. The minimum Gasteiger partial charge on any atom is -0.464 e. The van der Waals surface area contributed by atoms with Gasteiger partial charge in [0.25, 0.3) is 0 Å². The van der Waals surface area contributed by atoms with Crippen LogP contribution in [0.25, 0.3) is 0 Å². The van der Waals surface area contributed by atoms with E-state index >= 15 is 0 Å². The molecule has 1 aromatic heterocycles. The summed E-state index contributed by atoms with van der Waals surface area (Å²) in [5, 5.41) is 2.81. The molecule has 0 fully saturated rings. The second kappa shape index (κ2) is 12.6. The molecule has 0 unspecified atom stereocenters. The Morgan fingerprint density at radius 1 is 0.944 bits per heavy atom. The molecule has 0 radical (unpaired) electrons. The van der Waals surface area contributed by atoms with Crippen LogP contribution in [0.2, 0.25) is 0 Å². The lowest BCUT2D eigenvalue weighted by molar-refractivity contribution is -0.133. The number of furan rings is 1. The lowest BCUT2D eigenvalue weighted by Crippen LogP contribution is -2.47. The van der Waals surface area contributed by atoms with Gasteiger partial charge in [0.05, 0.1) is 18.7 Å². The van der Waals surface area contributed by atoms with Crippen LogP contribution >= 0.6 is 0 Å². The van der Waals surface area contributed by atoms with E-state index in [0.29, 0.717) is 30.1 Å². The Hall–Kier alpha value is -4.07. The SMILES string of the molecule is CCOC(=O)c1ccc(NC(=O)N(CC(=O)N(Cc2ccccc2)Cc2ccc(C)o2)C(C)C)cc1. The average molecular weight is 492 g/mol. The number of hydrogen-bond acceptors (Lipinski definition) is 5. The monoisotopic (exact) mass is 491 g/mol. The summed E-state index contributed by atoms with van der Waals surface area (Å²) in [5.74, 6) is 0.831. The predicted molar refractivity (Wildman–Crippen MR) is 137 cm³/mol. The fraction of sp³-hybridized carbons (Fsp3) is 0.321. The van der Waals surface area contributed by atoms with Crippen LogP contribution in [0, 0.1) is 6.92 Å². The van der Waals surface area contributed by atoms with Gasteiger partial charge in [0.15, 0.2) is 0 Å². The van der Waals surface area contributed by atoms with Crippen molar-refractivity contribution in [1.29, 1.82) is 0 Å². The third kappa shape index (κ3) is 7.46. The Morgan fingerprint density at radius 3 is 2.22 bits per heavy atom. The third-order valence-corrected chi connectivity index (χ3v) is 5.55. The van der Waals surface area contributed by atoms with Crippen molar-refractivity contribution in [2.75, 3.05) is 18.5 Å². The molecule has 190 valence electrons. The zero-order chi connectivity index (χ0) is 26.1. The first-order valence-corrected chi connectivity index (χ1v) is 12.0. The molecule has 3 rings (SSSR count). The zero-order valence-corrected chi connectivity index (χ0v) is 21.2. The van der Waals surface area contributed by atoms with E-state index < -0.39 is 12.0 Å². The molecule has 1 N–H and O–H groups in total. The highest BCUT2D eigenvalue weighted by Gasteiger charge is 2.25. The van der Waals surface area contributed by atoms with Crippen molar-refractivity contribution in [2.45, 2.75) is 46.8 Å². The van der Waals surface area contributed by atoms with Gasteiger partial charge in [0.1, 0.15) is 18.1 Å². The van der Waals surface area contributed by atoms with Gasteiger partial charge in [0.2, 0.25) is 5.91 Å². The molecule has 8 heteroatoms. The number of amides is 3. The highest BCUT2D eigenvalue weighted by atomic mass is 16.5. The zero-order valence-electron chi connectivity index (χ0n) is 21.2. The molecule has 8 nitrogen and oxygen atoms in total. The predicted octanol–water partition coefficient (Wildman–Crippen LogP) is 5.24. The van der Waals surface area contributed by atoms with Crippen LogP contribution in [-0.2, 0) is 22.6 Å². The Kier molecular flexibility index (Phi) is 9.27. The highest BCUT2D eigenvalue weighted by molar-refractivity contribution is 5.94. The molecule has 0 aliphatic rings. The van der Waals surface area contributed by atoms with Gasteiger partial charge in [-0.3, -0.25) is 4.79 Å². The Bertz CT molecular complexity index is 1160. The van der Waals surface area contributed by atoms with Crippen molar-refractivity contribution in [3.8, 4) is 0 Å². The summed E-state index contributed by atoms with van der Waals surface area (Å²) in [4.78, 5) is 41.5. The summed E-state index contributed by atoms with van der Waals surface area (Å²) in [6.07, 6.45) is 0. The maximum absolute atomic E-state index is 13.4. The van der Waals surface area contributed by atoms with E-state index in [1.165, 1.54) is 4.90 Å². The summed E-state index contributed by atoms with van der Waals surface area (Å²) in [6.45, 7) is 8.18. The molecule has 3 amide bonds. The number of anilines is 1. The summed E-state index contributed by atoms with van der Waals surface area (Å²) >= 11 is 0. The number of nitrogens with one attached hydrogen (secondary N) is 1. The maximum atomic E-state index is 13.4. The smallest absolute Gasteiger partial charge is 0.338 e. The number of carbonyl (C=O) groups excluding carboxylic acids is 3. The number of ether oxygens (including phenoxy) is 1. The van der Waals surface area contributed by atoms with E-state index in [4.69, 9.17) is 9.15 Å². The van der Waals surface area contributed by atoms with E-state index in [2.05, 4.69) is 5.32 Å². The van der Waals surface area contributed by atoms with Gasteiger partial charge in [-0.1, -0.05) is 30.3 Å². The number of hydrogen-bond donors (Lipinski definition) is 1. The second-order valence-corrected chi connectivity index (χ2v) is 8.70. The molecule has 0 aliphatic heterocycles. The van der Waals surface area contributed by atoms with Gasteiger partial charge >= 0.3 is 12.0 Å². The fourth-order valence-corrected chi connectivity index (χ4v) is 3.63. The van der Waals surface area contributed by atoms with Crippen LogP contribution < -0.4 is 5.32 Å². The van der Waals surface area contributed by atoms with Crippen LogP contribution in [0.3, 0.4) is 0 Å². The molecule has 0 atom stereocenters. The van der Waals surface area contributed by atoms with Gasteiger partial charge in [0, 0.05) is 18.3 Å². The topological polar surface area (TPSA) is 92.1 Å². The van der Waals surface area contributed by atoms with Gasteiger partial charge in [-0.25, -0.2) is 9.59 Å². The number of aryl methyl sites for hydroxylation is 1. The van der Waals surface area contributed by atoms with Crippen molar-refractivity contribution < 1.29 is 23.5 Å². The molecule has 0 saturated heterocycles. The van der Waals surface area contributed by atoms with Crippen LogP contribution in [0.4, 0.5) is 10.5 Å². The molecule has 0 aliphatic carbocycles. The molecule has 36 heavy (non-hydrogen) atoms. The number of nitrogens with zero attached hydrogens (tertiary/aromatic N) is 2. The van der Waals surface area contributed by atoms with Crippen molar-refractivity contribution >= 4 is 23.6 Å². The lowest BCUT2D eigenvalue weighted by Gasteiger charge is -2.30.